The van der Waals surface area contributed by atoms with Gasteiger partial charge in [0.15, 0.2) is 4.32 Å². The van der Waals surface area contributed by atoms with Crippen molar-refractivity contribution >= 4 is 34.5 Å². The summed E-state index contributed by atoms with van der Waals surface area (Å²) >= 11 is 6.29. The highest BCUT2D eigenvalue weighted by atomic mass is 32.2. The smallest absolute Gasteiger partial charge is 0.153 e. The molecule has 0 unspecified atom stereocenters. The monoisotopic (exact) mass is 226 g/mol. The van der Waals surface area contributed by atoms with Gasteiger partial charge in [-0.25, -0.2) is 0 Å². The van der Waals surface area contributed by atoms with Crippen LogP contribution >= 0.6 is 24.0 Å². The second-order valence-electron chi connectivity index (χ2n) is 2.42. The van der Waals surface area contributed by atoms with Crippen molar-refractivity contribution in [2.75, 3.05) is 6.26 Å². The maximum atomic E-state index is 9.38. The number of para-hydroxylation sites is 1. The Morgan fingerprint density at radius 1 is 1.57 bits per heavy atom. The second kappa shape index (κ2) is 5.62. The molecule has 0 heterocycles. The lowest BCUT2D eigenvalue weighted by Crippen LogP contribution is -2.10. The number of phenolic OH excluding ortho intramolecular Hbond substituents is 1. The fraction of sp³-hybridized carbons (Fsp3) is 0.111. The standard InChI is InChI=1S/C9H10N2OS2/c1-14-9(13)11-10-6-7-4-2-3-5-8(7)12/h2-6,12H,1H3,(H,11,13)/b10-6+. The molecule has 0 aromatic heterocycles. The highest BCUT2D eigenvalue weighted by Gasteiger charge is 1.94. The number of phenols is 1. The molecule has 0 amide bonds. The van der Waals surface area contributed by atoms with Gasteiger partial charge in [-0.15, -0.1) is 0 Å². The Hall–Kier alpha value is -1.07. The Morgan fingerprint density at radius 3 is 2.93 bits per heavy atom. The van der Waals surface area contributed by atoms with Gasteiger partial charge in [0, 0.05) is 5.56 Å². The van der Waals surface area contributed by atoms with E-state index < -0.39 is 0 Å². The maximum Gasteiger partial charge on any atom is 0.153 e. The molecular formula is C9H10N2OS2. The Balaban J connectivity index is 2.60. The molecule has 1 rings (SSSR count). The predicted octanol–water partition coefficient (Wildman–Crippen LogP) is 1.96. The minimum Gasteiger partial charge on any atom is -0.507 e. The summed E-state index contributed by atoms with van der Waals surface area (Å²) in [6.07, 6.45) is 3.39. The molecule has 0 saturated heterocycles. The quantitative estimate of drug-likeness (QED) is 0.460. The third-order valence-electron chi connectivity index (χ3n) is 1.48. The van der Waals surface area contributed by atoms with Crippen LogP contribution in [-0.4, -0.2) is 21.9 Å². The molecule has 74 valence electrons. The van der Waals surface area contributed by atoms with E-state index in [9.17, 15) is 5.11 Å². The molecule has 1 aromatic carbocycles. The number of nitrogens with zero attached hydrogens (tertiary/aromatic N) is 1. The van der Waals surface area contributed by atoms with Crippen LogP contribution in [-0.2, 0) is 0 Å². The minimum absolute atomic E-state index is 0.202. The molecule has 0 aliphatic carbocycles. The summed E-state index contributed by atoms with van der Waals surface area (Å²) in [5, 5.41) is 13.3. The van der Waals surface area contributed by atoms with Gasteiger partial charge in [0.05, 0.1) is 6.21 Å². The summed E-state index contributed by atoms with van der Waals surface area (Å²) in [5.41, 5.74) is 3.32. The van der Waals surface area contributed by atoms with E-state index in [-0.39, 0.29) is 5.75 Å². The van der Waals surface area contributed by atoms with E-state index in [2.05, 4.69) is 10.5 Å². The largest absolute Gasteiger partial charge is 0.507 e. The van der Waals surface area contributed by atoms with Crippen molar-refractivity contribution in [2.24, 2.45) is 5.10 Å². The van der Waals surface area contributed by atoms with Gasteiger partial charge in [-0.05, 0) is 18.4 Å². The fourth-order valence-corrected chi connectivity index (χ4v) is 0.994. The lowest BCUT2D eigenvalue weighted by molar-refractivity contribution is 0.474. The number of thiocarbonyl (C=S) groups is 1. The number of benzene rings is 1. The molecule has 0 radical (unpaired) electrons. The number of thioether (sulfide) groups is 1. The summed E-state index contributed by atoms with van der Waals surface area (Å²) in [6, 6.07) is 6.96. The van der Waals surface area contributed by atoms with Crippen molar-refractivity contribution in [3.63, 3.8) is 0 Å². The first kappa shape index (κ1) is 11.0. The first-order chi connectivity index (χ1) is 6.74. The van der Waals surface area contributed by atoms with E-state index in [0.717, 1.165) is 0 Å². The maximum absolute atomic E-state index is 9.38. The number of nitrogens with one attached hydrogen (secondary N) is 1. The van der Waals surface area contributed by atoms with Crippen molar-refractivity contribution in [3.8, 4) is 5.75 Å². The normalized spacial score (nSPS) is 10.4. The molecule has 0 fully saturated rings. The molecular weight excluding hydrogens is 216 g/mol. The van der Waals surface area contributed by atoms with Crippen molar-refractivity contribution in [3.05, 3.63) is 29.8 Å². The number of hydrazone groups is 1. The van der Waals surface area contributed by atoms with E-state index in [1.54, 1.807) is 18.2 Å². The third-order valence-corrected chi connectivity index (χ3v) is 2.53. The van der Waals surface area contributed by atoms with E-state index >= 15 is 0 Å². The summed E-state index contributed by atoms with van der Waals surface area (Å²) in [4.78, 5) is 0. The topological polar surface area (TPSA) is 44.6 Å². The number of hydrogen-bond acceptors (Lipinski definition) is 4. The summed E-state index contributed by atoms with van der Waals surface area (Å²) in [5.74, 6) is 0.202. The molecule has 0 bridgehead atoms. The lowest BCUT2D eigenvalue weighted by Gasteiger charge is -1.98. The lowest BCUT2D eigenvalue weighted by atomic mass is 10.2. The van der Waals surface area contributed by atoms with Crippen LogP contribution in [0, 0.1) is 0 Å². The predicted molar refractivity (Wildman–Crippen MR) is 64.9 cm³/mol. The van der Waals surface area contributed by atoms with Crippen LogP contribution in [0.15, 0.2) is 29.4 Å². The van der Waals surface area contributed by atoms with Crippen LogP contribution in [0.2, 0.25) is 0 Å². The van der Waals surface area contributed by atoms with Crippen LogP contribution in [0.25, 0.3) is 0 Å². The van der Waals surface area contributed by atoms with Gasteiger partial charge in [-0.1, -0.05) is 36.1 Å². The molecule has 0 aliphatic rings. The minimum atomic E-state index is 0.202. The molecule has 5 heteroatoms. The fourth-order valence-electron chi connectivity index (χ4n) is 0.797. The van der Waals surface area contributed by atoms with E-state index in [4.69, 9.17) is 12.2 Å². The van der Waals surface area contributed by atoms with Gasteiger partial charge >= 0.3 is 0 Å². The highest BCUT2D eigenvalue weighted by Crippen LogP contribution is 2.12. The van der Waals surface area contributed by atoms with Crippen LogP contribution in [0.3, 0.4) is 0 Å². The Bertz CT molecular complexity index is 352. The number of aromatic hydroxyl groups is 1. The molecule has 3 nitrogen and oxygen atoms in total. The van der Waals surface area contributed by atoms with Crippen molar-refractivity contribution < 1.29 is 5.11 Å². The number of hydrogen-bond donors (Lipinski definition) is 2. The average Bonchev–Trinajstić information content (AvgIpc) is 2.20. The molecule has 0 saturated carbocycles. The molecule has 0 spiro atoms. The Morgan fingerprint density at radius 2 is 2.29 bits per heavy atom. The Labute approximate surface area is 92.2 Å². The average molecular weight is 226 g/mol. The van der Waals surface area contributed by atoms with E-state index in [0.29, 0.717) is 9.88 Å². The van der Waals surface area contributed by atoms with Crippen LogP contribution in [0.5, 0.6) is 5.75 Å². The van der Waals surface area contributed by atoms with Crippen molar-refractivity contribution in [1.82, 2.24) is 5.43 Å². The Kier molecular flexibility index (Phi) is 4.42. The summed E-state index contributed by atoms with van der Waals surface area (Å²) in [7, 11) is 0. The van der Waals surface area contributed by atoms with Gasteiger partial charge in [0.2, 0.25) is 0 Å². The second-order valence-corrected chi connectivity index (χ2v) is 3.90. The zero-order valence-corrected chi connectivity index (χ0v) is 9.23. The number of rotatable bonds is 2. The molecule has 2 N–H and O–H groups in total. The zero-order valence-electron chi connectivity index (χ0n) is 7.60. The third kappa shape index (κ3) is 3.35. The van der Waals surface area contributed by atoms with Gasteiger partial charge in [-0.2, -0.15) is 5.10 Å². The molecule has 0 aliphatic heterocycles. The van der Waals surface area contributed by atoms with Crippen molar-refractivity contribution in [2.45, 2.75) is 0 Å². The zero-order chi connectivity index (χ0) is 10.4. The van der Waals surface area contributed by atoms with Crippen LogP contribution in [0.1, 0.15) is 5.56 Å². The first-order valence-electron chi connectivity index (χ1n) is 3.89. The van der Waals surface area contributed by atoms with Gasteiger partial charge < -0.3 is 5.11 Å². The first-order valence-corrected chi connectivity index (χ1v) is 5.52. The summed E-state index contributed by atoms with van der Waals surface area (Å²) < 4.78 is 0.594. The molecule has 14 heavy (non-hydrogen) atoms. The summed E-state index contributed by atoms with van der Waals surface area (Å²) in [6.45, 7) is 0. The van der Waals surface area contributed by atoms with Crippen molar-refractivity contribution in [1.29, 1.82) is 0 Å². The van der Waals surface area contributed by atoms with E-state index in [1.165, 1.54) is 18.0 Å². The van der Waals surface area contributed by atoms with Crippen LogP contribution in [0.4, 0.5) is 0 Å². The highest BCUT2D eigenvalue weighted by molar-refractivity contribution is 8.22. The van der Waals surface area contributed by atoms with Gasteiger partial charge in [0.25, 0.3) is 0 Å². The van der Waals surface area contributed by atoms with Gasteiger partial charge in [-0.3, -0.25) is 5.43 Å². The van der Waals surface area contributed by atoms with Crippen LogP contribution < -0.4 is 5.43 Å². The molecule has 1 aromatic rings. The van der Waals surface area contributed by atoms with E-state index in [1.807, 2.05) is 12.3 Å². The van der Waals surface area contributed by atoms with Gasteiger partial charge in [0.1, 0.15) is 5.75 Å². The SMILES string of the molecule is CSC(=S)N/N=C/c1ccccc1O. The molecule has 0 atom stereocenters.